The van der Waals surface area contributed by atoms with Crippen molar-refractivity contribution in [3.05, 3.63) is 41.0 Å². The lowest BCUT2D eigenvalue weighted by molar-refractivity contribution is 0.315. The van der Waals surface area contributed by atoms with Gasteiger partial charge in [0, 0.05) is 25.7 Å². The van der Waals surface area contributed by atoms with E-state index >= 15 is 0 Å². The number of thiophene rings is 1. The molecule has 27 heavy (non-hydrogen) atoms. The molecule has 1 aliphatic heterocycles. The first-order valence-electron chi connectivity index (χ1n) is 9.17. The third kappa shape index (κ3) is 3.26. The van der Waals surface area contributed by atoms with Crippen molar-refractivity contribution >= 4 is 38.4 Å². The predicted molar refractivity (Wildman–Crippen MR) is 106 cm³/mol. The summed E-state index contributed by atoms with van der Waals surface area (Å²) >= 11 is 1.68. The van der Waals surface area contributed by atoms with Crippen LogP contribution >= 0.6 is 11.3 Å². The second-order valence-electron chi connectivity index (χ2n) is 6.96. The van der Waals surface area contributed by atoms with Crippen LogP contribution in [0.25, 0.3) is 21.3 Å². The molecule has 138 valence electrons. The molecule has 0 aliphatic carbocycles. The fraction of sp³-hybridized carbons (Fsp3) is 0.368. The quantitative estimate of drug-likeness (QED) is 0.582. The molecular formula is C19H20N6OS. The van der Waals surface area contributed by atoms with Crippen LogP contribution in [0.4, 0.5) is 5.82 Å². The van der Waals surface area contributed by atoms with Gasteiger partial charge in [0.1, 0.15) is 27.5 Å². The molecule has 0 bridgehead atoms. The first-order chi connectivity index (χ1) is 13.3. The number of aromatic nitrogens is 4. The van der Waals surface area contributed by atoms with Crippen LogP contribution in [0.2, 0.25) is 0 Å². The van der Waals surface area contributed by atoms with E-state index in [1.807, 2.05) is 19.1 Å². The maximum Gasteiger partial charge on any atom is 0.141 e. The Kier molecular flexibility index (Phi) is 4.21. The maximum atomic E-state index is 4.77. The Morgan fingerprint density at radius 1 is 1.15 bits per heavy atom. The zero-order chi connectivity index (χ0) is 18.2. The number of piperidine rings is 1. The number of rotatable bonds is 4. The molecule has 7 nitrogen and oxygen atoms in total. The van der Waals surface area contributed by atoms with Gasteiger partial charge in [0.2, 0.25) is 0 Å². The molecule has 1 saturated heterocycles. The van der Waals surface area contributed by atoms with E-state index in [-0.39, 0.29) is 0 Å². The highest BCUT2D eigenvalue weighted by atomic mass is 32.1. The summed E-state index contributed by atoms with van der Waals surface area (Å²) in [5.74, 6) is 1.93. The summed E-state index contributed by atoms with van der Waals surface area (Å²) in [5, 5.41) is 14.7. The lowest BCUT2D eigenvalue weighted by Gasteiger charge is -2.33. The molecule has 0 atom stereocenters. The Morgan fingerprint density at radius 3 is 2.89 bits per heavy atom. The maximum absolute atomic E-state index is 4.77. The Balaban J connectivity index is 1.22. The average Bonchev–Trinajstić information content (AvgIpc) is 3.34. The SMILES string of the molecule is Cc1nc(N2CCC(NCc3ccc4nonc4c3)CC2)c2ccsc2n1. The molecule has 1 N–H and O–H groups in total. The van der Waals surface area contributed by atoms with E-state index in [1.165, 1.54) is 10.9 Å². The fourth-order valence-corrected chi connectivity index (χ4v) is 4.48. The van der Waals surface area contributed by atoms with Crippen molar-refractivity contribution in [2.75, 3.05) is 18.0 Å². The predicted octanol–water partition coefficient (Wildman–Crippen LogP) is 3.29. The van der Waals surface area contributed by atoms with Crippen LogP contribution < -0.4 is 10.2 Å². The number of benzene rings is 1. The molecule has 0 saturated carbocycles. The standard InChI is InChI=1S/C19H20N6OS/c1-12-21-18(15-6-9-27-19(15)22-12)25-7-4-14(5-8-25)20-11-13-2-3-16-17(10-13)24-26-23-16/h2-3,6,9-10,14,20H,4-5,7-8,11H2,1H3. The minimum absolute atomic E-state index is 0.508. The van der Waals surface area contributed by atoms with Crippen molar-refractivity contribution in [1.29, 1.82) is 0 Å². The van der Waals surface area contributed by atoms with Gasteiger partial charge in [-0.15, -0.1) is 11.3 Å². The third-order valence-corrected chi connectivity index (χ3v) is 5.93. The molecule has 0 amide bonds. The van der Waals surface area contributed by atoms with Crippen LogP contribution in [0.3, 0.4) is 0 Å². The highest BCUT2D eigenvalue weighted by Gasteiger charge is 2.22. The lowest BCUT2D eigenvalue weighted by Crippen LogP contribution is -2.42. The van der Waals surface area contributed by atoms with Crippen LogP contribution in [0.15, 0.2) is 34.3 Å². The van der Waals surface area contributed by atoms with E-state index in [4.69, 9.17) is 9.61 Å². The van der Waals surface area contributed by atoms with Gasteiger partial charge in [0.25, 0.3) is 0 Å². The molecule has 0 spiro atoms. The Morgan fingerprint density at radius 2 is 2.00 bits per heavy atom. The Bertz CT molecular complexity index is 1080. The minimum Gasteiger partial charge on any atom is -0.356 e. The van der Waals surface area contributed by atoms with Gasteiger partial charge in [-0.3, -0.25) is 0 Å². The van der Waals surface area contributed by atoms with E-state index in [0.29, 0.717) is 6.04 Å². The third-order valence-electron chi connectivity index (χ3n) is 5.12. The topological polar surface area (TPSA) is 80.0 Å². The molecule has 3 aromatic heterocycles. The second-order valence-corrected chi connectivity index (χ2v) is 7.86. The van der Waals surface area contributed by atoms with Crippen molar-refractivity contribution in [1.82, 2.24) is 25.6 Å². The molecule has 0 radical (unpaired) electrons. The number of aryl methyl sites for hydroxylation is 1. The summed E-state index contributed by atoms with van der Waals surface area (Å²) in [6.07, 6.45) is 2.20. The molecule has 5 rings (SSSR count). The van der Waals surface area contributed by atoms with Crippen LogP contribution in [-0.2, 0) is 6.54 Å². The summed E-state index contributed by atoms with van der Waals surface area (Å²) < 4.78 is 4.77. The molecule has 0 unspecified atom stereocenters. The molecule has 4 aromatic rings. The van der Waals surface area contributed by atoms with E-state index in [1.54, 1.807) is 11.3 Å². The first kappa shape index (κ1) is 16.6. The summed E-state index contributed by atoms with van der Waals surface area (Å²) in [7, 11) is 0. The number of anilines is 1. The Labute approximate surface area is 160 Å². The van der Waals surface area contributed by atoms with Gasteiger partial charge in [0.05, 0.1) is 5.39 Å². The summed E-state index contributed by atoms with van der Waals surface area (Å²) in [6, 6.07) is 8.70. The van der Waals surface area contributed by atoms with Crippen molar-refractivity contribution in [2.24, 2.45) is 0 Å². The number of nitrogens with one attached hydrogen (secondary N) is 1. The van der Waals surface area contributed by atoms with Gasteiger partial charge in [-0.2, -0.15) is 0 Å². The monoisotopic (exact) mass is 380 g/mol. The number of hydrogen-bond acceptors (Lipinski definition) is 8. The number of fused-ring (bicyclic) bond motifs is 2. The zero-order valence-electron chi connectivity index (χ0n) is 15.1. The molecule has 1 fully saturated rings. The normalized spacial score (nSPS) is 15.8. The van der Waals surface area contributed by atoms with Crippen molar-refractivity contribution in [3.63, 3.8) is 0 Å². The fourth-order valence-electron chi connectivity index (χ4n) is 3.68. The van der Waals surface area contributed by atoms with Gasteiger partial charge in [-0.25, -0.2) is 14.6 Å². The average molecular weight is 380 g/mol. The highest BCUT2D eigenvalue weighted by molar-refractivity contribution is 7.16. The van der Waals surface area contributed by atoms with Crippen molar-refractivity contribution < 1.29 is 4.63 Å². The van der Waals surface area contributed by atoms with E-state index in [2.05, 4.69) is 43.0 Å². The van der Waals surface area contributed by atoms with E-state index < -0.39 is 0 Å². The minimum atomic E-state index is 0.508. The first-order valence-corrected chi connectivity index (χ1v) is 10.1. The van der Waals surface area contributed by atoms with Crippen LogP contribution in [0.1, 0.15) is 24.2 Å². The Hall–Kier alpha value is -2.58. The van der Waals surface area contributed by atoms with E-state index in [9.17, 15) is 0 Å². The molecule has 8 heteroatoms. The number of hydrogen-bond donors (Lipinski definition) is 1. The van der Waals surface area contributed by atoms with Gasteiger partial charge in [0.15, 0.2) is 0 Å². The number of nitrogens with zero attached hydrogens (tertiary/aromatic N) is 5. The van der Waals surface area contributed by atoms with Crippen LogP contribution in [0, 0.1) is 6.92 Å². The van der Waals surface area contributed by atoms with Gasteiger partial charge >= 0.3 is 0 Å². The summed E-state index contributed by atoms with van der Waals surface area (Å²) in [6.45, 7) is 4.81. The largest absolute Gasteiger partial charge is 0.356 e. The van der Waals surface area contributed by atoms with Crippen molar-refractivity contribution in [2.45, 2.75) is 32.4 Å². The highest BCUT2D eigenvalue weighted by Crippen LogP contribution is 2.29. The van der Waals surface area contributed by atoms with Gasteiger partial charge in [-0.05, 0) is 59.2 Å². The zero-order valence-corrected chi connectivity index (χ0v) is 15.9. The van der Waals surface area contributed by atoms with Crippen molar-refractivity contribution in [3.8, 4) is 0 Å². The lowest BCUT2D eigenvalue weighted by atomic mass is 10.0. The van der Waals surface area contributed by atoms with E-state index in [0.717, 1.165) is 60.0 Å². The molecular weight excluding hydrogens is 360 g/mol. The second kappa shape index (κ2) is 6.86. The molecule has 1 aliphatic rings. The molecule has 4 heterocycles. The van der Waals surface area contributed by atoms with Gasteiger partial charge < -0.3 is 10.2 Å². The van der Waals surface area contributed by atoms with Crippen LogP contribution in [-0.4, -0.2) is 39.4 Å². The summed E-state index contributed by atoms with van der Waals surface area (Å²) in [4.78, 5) is 12.7. The van der Waals surface area contributed by atoms with Crippen LogP contribution in [0.5, 0.6) is 0 Å². The smallest absolute Gasteiger partial charge is 0.141 e. The molecule has 1 aromatic carbocycles. The summed E-state index contributed by atoms with van der Waals surface area (Å²) in [5.41, 5.74) is 2.81. The van der Waals surface area contributed by atoms with Gasteiger partial charge in [-0.1, -0.05) is 6.07 Å².